The molecule has 0 bridgehead atoms. The van der Waals surface area contributed by atoms with E-state index >= 15 is 0 Å². The zero-order chi connectivity index (χ0) is 19.1. The molecule has 2 heterocycles. The van der Waals surface area contributed by atoms with Gasteiger partial charge in [-0.05, 0) is 44.9 Å². The summed E-state index contributed by atoms with van der Waals surface area (Å²) >= 11 is 0. The van der Waals surface area contributed by atoms with E-state index < -0.39 is 0 Å². The van der Waals surface area contributed by atoms with Crippen LogP contribution in [-0.4, -0.2) is 34.0 Å². The molecule has 7 heteroatoms. The van der Waals surface area contributed by atoms with Crippen LogP contribution in [0.25, 0.3) is 22.3 Å². The van der Waals surface area contributed by atoms with E-state index in [1.807, 2.05) is 19.9 Å². The molecule has 0 atom stereocenters. The van der Waals surface area contributed by atoms with Crippen LogP contribution in [0.1, 0.15) is 42.6 Å². The first-order valence-corrected chi connectivity index (χ1v) is 9.14. The molecule has 7 nitrogen and oxygen atoms in total. The van der Waals surface area contributed by atoms with Gasteiger partial charge in [-0.2, -0.15) is 5.26 Å². The molecule has 1 fully saturated rings. The predicted molar refractivity (Wildman–Crippen MR) is 105 cm³/mol. The topological polar surface area (TPSA) is 120 Å². The molecule has 1 amide bonds. The lowest BCUT2D eigenvalue weighted by molar-refractivity contribution is 0.0910. The minimum Gasteiger partial charge on any atom is -0.380 e. The van der Waals surface area contributed by atoms with Crippen LogP contribution in [-0.2, 0) is 0 Å². The van der Waals surface area contributed by atoms with E-state index in [2.05, 4.69) is 21.7 Å². The van der Waals surface area contributed by atoms with E-state index in [9.17, 15) is 4.79 Å². The molecule has 0 aromatic heterocycles. The van der Waals surface area contributed by atoms with Crippen LogP contribution in [0.2, 0.25) is 0 Å². The molecule has 2 aliphatic heterocycles. The zero-order valence-electron chi connectivity index (χ0n) is 15.3. The molecule has 0 radical (unpaired) electrons. The van der Waals surface area contributed by atoms with Crippen LogP contribution in [0.5, 0.6) is 0 Å². The zero-order valence-corrected chi connectivity index (χ0v) is 15.3. The van der Waals surface area contributed by atoms with E-state index in [0.717, 1.165) is 29.4 Å². The van der Waals surface area contributed by atoms with Crippen molar-refractivity contribution < 1.29 is 4.79 Å². The Bertz CT molecular complexity index is 1020. The third kappa shape index (κ3) is 3.09. The lowest BCUT2D eigenvalue weighted by Gasteiger charge is -2.33. The molecule has 0 unspecified atom stereocenters. The van der Waals surface area contributed by atoms with Crippen molar-refractivity contribution in [1.29, 1.82) is 5.26 Å². The number of aromatic amines is 1. The molecule has 3 aliphatic rings. The van der Waals surface area contributed by atoms with Gasteiger partial charge in [0.1, 0.15) is 5.69 Å². The Hall–Kier alpha value is -3.11. The van der Waals surface area contributed by atoms with Crippen LogP contribution in [0.4, 0.5) is 5.69 Å². The summed E-state index contributed by atoms with van der Waals surface area (Å²) in [5, 5.41) is 16.5. The van der Waals surface area contributed by atoms with Gasteiger partial charge in [-0.15, -0.1) is 0 Å². The van der Waals surface area contributed by atoms with Crippen molar-refractivity contribution in [2.24, 2.45) is 5.73 Å². The molecule has 1 saturated carbocycles. The average molecular weight is 362 g/mol. The highest BCUT2D eigenvalue weighted by Crippen LogP contribution is 2.37. The van der Waals surface area contributed by atoms with Gasteiger partial charge in [-0.1, -0.05) is 0 Å². The number of fused-ring (bicyclic) bond motifs is 3. The third-order valence-corrected chi connectivity index (χ3v) is 4.92. The first-order chi connectivity index (χ1) is 13.0. The molecule has 4 rings (SSSR count). The summed E-state index contributed by atoms with van der Waals surface area (Å²) in [6, 6.07) is 7.99. The van der Waals surface area contributed by atoms with Crippen LogP contribution in [0.3, 0.4) is 0 Å². The van der Waals surface area contributed by atoms with Crippen LogP contribution < -0.4 is 16.4 Å². The first-order valence-electron chi connectivity index (χ1n) is 9.14. The van der Waals surface area contributed by atoms with Gasteiger partial charge < -0.3 is 21.4 Å². The number of hydrogen-bond donors (Lipinski definition) is 4. The van der Waals surface area contributed by atoms with E-state index in [0.29, 0.717) is 22.5 Å². The van der Waals surface area contributed by atoms with Crippen molar-refractivity contribution in [2.75, 3.05) is 5.32 Å². The maximum absolute atomic E-state index is 12.8. The second kappa shape index (κ2) is 6.56. The van der Waals surface area contributed by atoms with Crippen molar-refractivity contribution >= 4 is 22.5 Å². The van der Waals surface area contributed by atoms with Gasteiger partial charge in [0.2, 0.25) is 0 Å². The Kier molecular flexibility index (Phi) is 4.21. The molecule has 1 aliphatic carbocycles. The second-order valence-corrected chi connectivity index (χ2v) is 7.46. The monoisotopic (exact) mass is 362 g/mol. The maximum atomic E-state index is 12.8. The SMILES string of the molecule is CC(C)Nc1c(C(=O)NC2CC(N)C2)c[nH]c2c3ccc(C#N)cc3nc1-2. The molecule has 5 N–H and O–H groups in total. The highest BCUT2D eigenvalue weighted by molar-refractivity contribution is 6.07. The Balaban J connectivity index is 1.80. The number of nitrogens with zero attached hydrogens (tertiary/aromatic N) is 2. The number of carbonyl (C=O) groups excluding carboxylic acids is 1. The molecule has 1 aromatic carbocycles. The standard InChI is InChI=1S/C20H22N6O/c1-10(2)24-18-15(20(27)25-13-6-12(22)7-13)9-23-17-14-4-3-11(8-21)5-16(14)26-19(17)18/h3-5,9-10,12-13,23-24H,6-7,22H2,1-2H3,(H,25,27). The number of nitriles is 1. The predicted octanol–water partition coefficient (Wildman–Crippen LogP) is 2.58. The summed E-state index contributed by atoms with van der Waals surface area (Å²) < 4.78 is 0. The smallest absolute Gasteiger partial charge is 0.255 e. The number of aromatic nitrogens is 2. The highest BCUT2D eigenvalue weighted by atomic mass is 16.1. The van der Waals surface area contributed by atoms with Gasteiger partial charge in [0.05, 0.1) is 34.1 Å². The number of H-pyrrole nitrogens is 1. The molecule has 1 aromatic rings. The number of rotatable bonds is 4. The van der Waals surface area contributed by atoms with Crippen molar-refractivity contribution in [3.8, 4) is 17.5 Å². The minimum atomic E-state index is -0.141. The van der Waals surface area contributed by atoms with Gasteiger partial charge in [0, 0.05) is 29.7 Å². The fourth-order valence-electron chi connectivity index (χ4n) is 3.54. The second-order valence-electron chi connectivity index (χ2n) is 7.46. The van der Waals surface area contributed by atoms with Crippen LogP contribution in [0, 0.1) is 11.3 Å². The quantitative estimate of drug-likeness (QED) is 0.569. The summed E-state index contributed by atoms with van der Waals surface area (Å²) in [7, 11) is 0. The largest absolute Gasteiger partial charge is 0.380 e. The summed E-state index contributed by atoms with van der Waals surface area (Å²) in [4.78, 5) is 20.8. The van der Waals surface area contributed by atoms with Crippen LogP contribution in [0.15, 0.2) is 24.4 Å². The van der Waals surface area contributed by atoms with Gasteiger partial charge in [-0.3, -0.25) is 4.79 Å². The van der Waals surface area contributed by atoms with Gasteiger partial charge in [0.25, 0.3) is 5.91 Å². The van der Waals surface area contributed by atoms with Gasteiger partial charge in [-0.25, -0.2) is 4.98 Å². The fourth-order valence-corrected chi connectivity index (χ4v) is 3.54. The van der Waals surface area contributed by atoms with Crippen LogP contribution >= 0.6 is 0 Å². The fraction of sp³-hybridized carbons (Fsp3) is 0.350. The van der Waals surface area contributed by atoms with Crippen molar-refractivity contribution in [2.45, 2.75) is 44.8 Å². The number of benzene rings is 1. The highest BCUT2D eigenvalue weighted by Gasteiger charge is 2.29. The number of nitrogens with one attached hydrogen (secondary N) is 3. The molecular weight excluding hydrogens is 340 g/mol. The summed E-state index contributed by atoms with van der Waals surface area (Å²) in [5.41, 5.74) is 9.89. The minimum absolute atomic E-state index is 0.125. The molecule has 27 heavy (non-hydrogen) atoms. The Labute approximate surface area is 157 Å². The Morgan fingerprint density at radius 2 is 2.19 bits per heavy atom. The lowest BCUT2D eigenvalue weighted by atomic mass is 9.87. The first kappa shape index (κ1) is 17.3. The summed E-state index contributed by atoms with van der Waals surface area (Å²) in [6.45, 7) is 4.04. The van der Waals surface area contributed by atoms with E-state index in [-0.39, 0.29) is 24.0 Å². The number of carbonyl (C=O) groups is 1. The Morgan fingerprint density at radius 1 is 1.41 bits per heavy atom. The maximum Gasteiger partial charge on any atom is 0.255 e. The van der Waals surface area contributed by atoms with Crippen molar-refractivity contribution in [3.05, 3.63) is 35.5 Å². The summed E-state index contributed by atoms with van der Waals surface area (Å²) in [5.74, 6) is -0.141. The summed E-state index contributed by atoms with van der Waals surface area (Å²) in [6.07, 6.45) is 3.33. The molecular formula is C20H22N6O. The Morgan fingerprint density at radius 3 is 2.85 bits per heavy atom. The number of nitrogens with two attached hydrogens (primary N) is 1. The number of hydrogen-bond acceptors (Lipinski definition) is 5. The third-order valence-electron chi connectivity index (χ3n) is 4.92. The van der Waals surface area contributed by atoms with Gasteiger partial charge >= 0.3 is 0 Å². The molecule has 0 saturated heterocycles. The number of amides is 1. The average Bonchev–Trinajstić information content (AvgIpc) is 2.98. The molecule has 0 spiro atoms. The lowest BCUT2D eigenvalue weighted by Crippen LogP contribution is -2.50. The van der Waals surface area contributed by atoms with E-state index in [1.54, 1.807) is 18.3 Å². The van der Waals surface area contributed by atoms with Crippen molar-refractivity contribution in [1.82, 2.24) is 15.3 Å². The number of anilines is 1. The number of pyridine rings is 1. The van der Waals surface area contributed by atoms with Crippen molar-refractivity contribution in [3.63, 3.8) is 0 Å². The molecule has 138 valence electrons. The van der Waals surface area contributed by atoms with E-state index in [1.165, 1.54) is 0 Å². The van der Waals surface area contributed by atoms with E-state index in [4.69, 9.17) is 16.0 Å². The normalized spacial score (nSPS) is 19.1. The van der Waals surface area contributed by atoms with Gasteiger partial charge in [0.15, 0.2) is 0 Å².